The third kappa shape index (κ3) is 3.26. The standard InChI is InChI=1S/C15H16ClFN2O2/c1-20-13-8-10(7-12(16)15(13)21-2)14(19-18)9-3-5-11(17)6-4-9/h3-8,14,19H,18H2,1-2H3. The highest BCUT2D eigenvalue weighted by molar-refractivity contribution is 6.32. The number of rotatable bonds is 5. The molecule has 0 aromatic heterocycles. The molecule has 0 bridgehead atoms. The van der Waals surface area contributed by atoms with Gasteiger partial charge in [-0.2, -0.15) is 0 Å². The van der Waals surface area contributed by atoms with Crippen molar-refractivity contribution in [3.63, 3.8) is 0 Å². The molecule has 0 amide bonds. The lowest BCUT2D eigenvalue weighted by Gasteiger charge is -2.19. The molecule has 2 aromatic rings. The van der Waals surface area contributed by atoms with Crippen LogP contribution in [0.25, 0.3) is 0 Å². The molecule has 0 radical (unpaired) electrons. The minimum atomic E-state index is -0.345. The van der Waals surface area contributed by atoms with Gasteiger partial charge in [-0.1, -0.05) is 23.7 Å². The summed E-state index contributed by atoms with van der Waals surface area (Å²) >= 11 is 6.19. The molecule has 0 aliphatic carbocycles. The van der Waals surface area contributed by atoms with Crippen molar-refractivity contribution in [2.75, 3.05) is 14.2 Å². The minimum absolute atomic E-state index is 0.306. The molecular formula is C15H16ClFN2O2. The molecule has 2 aromatic carbocycles. The molecule has 1 unspecified atom stereocenters. The summed E-state index contributed by atoms with van der Waals surface area (Å²) in [6, 6.07) is 9.23. The van der Waals surface area contributed by atoms with Gasteiger partial charge in [0.05, 0.1) is 25.3 Å². The van der Waals surface area contributed by atoms with E-state index in [9.17, 15) is 4.39 Å². The van der Waals surface area contributed by atoms with Crippen LogP contribution < -0.4 is 20.7 Å². The van der Waals surface area contributed by atoms with E-state index in [0.717, 1.165) is 11.1 Å². The summed E-state index contributed by atoms with van der Waals surface area (Å²) in [6.45, 7) is 0. The van der Waals surface area contributed by atoms with E-state index in [0.29, 0.717) is 16.5 Å². The number of hydrazine groups is 1. The summed E-state index contributed by atoms with van der Waals surface area (Å²) in [6.07, 6.45) is 0. The number of benzene rings is 2. The van der Waals surface area contributed by atoms with Crippen molar-refractivity contribution in [1.82, 2.24) is 5.43 Å². The van der Waals surface area contributed by atoms with E-state index >= 15 is 0 Å². The van der Waals surface area contributed by atoms with Gasteiger partial charge in [0.2, 0.25) is 0 Å². The number of nitrogens with two attached hydrogens (primary N) is 1. The van der Waals surface area contributed by atoms with Crippen LogP contribution in [0.5, 0.6) is 11.5 Å². The highest BCUT2D eigenvalue weighted by Crippen LogP contribution is 2.38. The molecular weight excluding hydrogens is 295 g/mol. The van der Waals surface area contributed by atoms with Crippen LogP contribution in [0.3, 0.4) is 0 Å². The maximum Gasteiger partial charge on any atom is 0.179 e. The van der Waals surface area contributed by atoms with E-state index in [4.69, 9.17) is 26.9 Å². The predicted octanol–water partition coefficient (Wildman–Crippen LogP) is 3.05. The van der Waals surface area contributed by atoms with Crippen LogP contribution >= 0.6 is 11.6 Å². The summed E-state index contributed by atoms with van der Waals surface area (Å²) in [5, 5.41) is 0.411. The van der Waals surface area contributed by atoms with E-state index in [1.54, 1.807) is 24.3 Å². The largest absolute Gasteiger partial charge is 0.493 e. The summed E-state index contributed by atoms with van der Waals surface area (Å²) in [4.78, 5) is 0. The Kier molecular flexibility index (Phi) is 5.01. The first kappa shape index (κ1) is 15.6. The summed E-state index contributed by atoms with van der Waals surface area (Å²) in [5.74, 6) is 6.28. The Bertz CT molecular complexity index is 620. The number of hydrogen-bond acceptors (Lipinski definition) is 4. The van der Waals surface area contributed by atoms with E-state index in [1.807, 2.05) is 0 Å². The number of nitrogens with one attached hydrogen (secondary N) is 1. The monoisotopic (exact) mass is 310 g/mol. The number of ether oxygens (including phenoxy) is 2. The first-order chi connectivity index (χ1) is 10.1. The van der Waals surface area contributed by atoms with Gasteiger partial charge in [-0.15, -0.1) is 0 Å². The highest BCUT2D eigenvalue weighted by atomic mass is 35.5. The first-order valence-corrected chi connectivity index (χ1v) is 6.61. The Morgan fingerprint density at radius 2 is 1.76 bits per heavy atom. The Morgan fingerprint density at radius 3 is 2.29 bits per heavy atom. The lowest BCUT2D eigenvalue weighted by atomic mass is 9.99. The zero-order valence-corrected chi connectivity index (χ0v) is 12.4. The zero-order chi connectivity index (χ0) is 15.4. The zero-order valence-electron chi connectivity index (χ0n) is 11.7. The van der Waals surface area contributed by atoms with Crippen LogP contribution in [-0.2, 0) is 0 Å². The fourth-order valence-electron chi connectivity index (χ4n) is 2.14. The molecule has 0 saturated carbocycles. The molecule has 3 N–H and O–H groups in total. The van der Waals surface area contributed by atoms with Gasteiger partial charge >= 0.3 is 0 Å². The van der Waals surface area contributed by atoms with Crippen LogP contribution in [0.2, 0.25) is 5.02 Å². The van der Waals surface area contributed by atoms with E-state index < -0.39 is 0 Å². The number of halogens is 2. The van der Waals surface area contributed by atoms with Crippen LogP contribution in [-0.4, -0.2) is 14.2 Å². The number of methoxy groups -OCH3 is 2. The fraction of sp³-hybridized carbons (Fsp3) is 0.200. The molecule has 0 aliphatic heterocycles. The summed E-state index contributed by atoms with van der Waals surface area (Å²) < 4.78 is 23.5. The number of hydrogen-bond donors (Lipinski definition) is 2. The van der Waals surface area contributed by atoms with Gasteiger partial charge in [-0.05, 0) is 35.4 Å². The normalized spacial score (nSPS) is 12.0. The van der Waals surface area contributed by atoms with Crippen LogP contribution in [0.4, 0.5) is 4.39 Å². The van der Waals surface area contributed by atoms with Crippen LogP contribution in [0.1, 0.15) is 17.2 Å². The van der Waals surface area contributed by atoms with Gasteiger partial charge in [0.25, 0.3) is 0 Å². The van der Waals surface area contributed by atoms with Gasteiger partial charge in [0, 0.05) is 0 Å². The molecule has 4 nitrogen and oxygen atoms in total. The molecule has 6 heteroatoms. The van der Waals surface area contributed by atoms with Gasteiger partial charge in [-0.25, -0.2) is 9.82 Å². The molecule has 0 fully saturated rings. The van der Waals surface area contributed by atoms with Crippen molar-refractivity contribution >= 4 is 11.6 Å². The second-order valence-electron chi connectivity index (χ2n) is 4.39. The molecule has 0 heterocycles. The third-order valence-corrected chi connectivity index (χ3v) is 3.44. The maximum atomic E-state index is 13.0. The van der Waals surface area contributed by atoms with Crippen molar-refractivity contribution in [3.8, 4) is 11.5 Å². The Hall–Kier alpha value is -1.82. The molecule has 0 aliphatic rings. The van der Waals surface area contributed by atoms with Crippen molar-refractivity contribution in [2.45, 2.75) is 6.04 Å². The topological polar surface area (TPSA) is 56.5 Å². The lowest BCUT2D eigenvalue weighted by Crippen LogP contribution is -2.28. The van der Waals surface area contributed by atoms with Gasteiger partial charge in [0.1, 0.15) is 5.82 Å². The van der Waals surface area contributed by atoms with E-state index in [1.165, 1.54) is 26.4 Å². The second-order valence-corrected chi connectivity index (χ2v) is 4.80. The first-order valence-electron chi connectivity index (χ1n) is 6.23. The molecule has 1 atom stereocenters. The second kappa shape index (κ2) is 6.76. The van der Waals surface area contributed by atoms with Crippen molar-refractivity contribution in [1.29, 1.82) is 0 Å². The van der Waals surface area contributed by atoms with Crippen LogP contribution in [0.15, 0.2) is 36.4 Å². The molecule has 2 rings (SSSR count). The van der Waals surface area contributed by atoms with Crippen molar-refractivity contribution in [2.24, 2.45) is 5.84 Å². The van der Waals surface area contributed by atoms with Crippen LogP contribution in [0, 0.1) is 5.82 Å². The average molecular weight is 311 g/mol. The van der Waals surface area contributed by atoms with Gasteiger partial charge < -0.3 is 9.47 Å². The molecule has 0 saturated heterocycles. The summed E-state index contributed by atoms with van der Waals surface area (Å²) in [7, 11) is 3.04. The third-order valence-electron chi connectivity index (χ3n) is 3.16. The Balaban J connectivity index is 2.47. The molecule has 112 valence electrons. The van der Waals surface area contributed by atoms with E-state index in [-0.39, 0.29) is 11.9 Å². The highest BCUT2D eigenvalue weighted by Gasteiger charge is 2.18. The van der Waals surface area contributed by atoms with E-state index in [2.05, 4.69) is 5.43 Å². The Labute approximate surface area is 127 Å². The lowest BCUT2D eigenvalue weighted by molar-refractivity contribution is 0.354. The van der Waals surface area contributed by atoms with Crippen molar-refractivity contribution < 1.29 is 13.9 Å². The quantitative estimate of drug-likeness (QED) is 0.658. The van der Waals surface area contributed by atoms with Gasteiger partial charge in [0.15, 0.2) is 11.5 Å². The SMILES string of the molecule is COc1cc(C(NN)c2ccc(F)cc2)cc(Cl)c1OC. The van der Waals surface area contributed by atoms with Crippen molar-refractivity contribution in [3.05, 3.63) is 58.4 Å². The predicted molar refractivity (Wildman–Crippen MR) is 80.1 cm³/mol. The van der Waals surface area contributed by atoms with Gasteiger partial charge in [-0.3, -0.25) is 5.84 Å². The fourth-order valence-corrected chi connectivity index (χ4v) is 2.44. The maximum absolute atomic E-state index is 13.0. The Morgan fingerprint density at radius 1 is 1.10 bits per heavy atom. The smallest absolute Gasteiger partial charge is 0.179 e. The molecule has 21 heavy (non-hydrogen) atoms. The summed E-state index contributed by atoms with van der Waals surface area (Å²) in [5.41, 5.74) is 4.28. The average Bonchev–Trinajstić information content (AvgIpc) is 2.49. The molecule has 0 spiro atoms. The minimum Gasteiger partial charge on any atom is -0.493 e.